The average molecular weight is 450 g/mol. The summed E-state index contributed by atoms with van der Waals surface area (Å²) >= 11 is 0. The van der Waals surface area contributed by atoms with Gasteiger partial charge in [0.1, 0.15) is 0 Å². The molecule has 0 aromatic heterocycles. The summed E-state index contributed by atoms with van der Waals surface area (Å²) in [5.41, 5.74) is 0.837. The second-order valence-corrected chi connectivity index (χ2v) is 2.42. The van der Waals surface area contributed by atoms with E-state index in [0.29, 0.717) is 0 Å². The second kappa shape index (κ2) is 13.1. The Bertz CT molecular complexity index is 178. The van der Waals surface area contributed by atoms with E-state index in [1.165, 1.54) is 0 Å². The molecular weight excluding hydrogens is 437 g/mol. The van der Waals surface area contributed by atoms with Crippen LogP contribution < -0.4 is 0 Å². The summed E-state index contributed by atoms with van der Waals surface area (Å²) in [4.78, 5) is 10.2. The topological polar surface area (TPSA) is 17.1 Å². The predicted octanol–water partition coefficient (Wildman–Crippen LogP) is 3.39. The normalized spacial score (nSPS) is 14.6. The summed E-state index contributed by atoms with van der Waals surface area (Å²) in [6, 6.07) is 0. The third-order valence-corrected chi connectivity index (χ3v) is 1.60. The van der Waals surface area contributed by atoms with E-state index in [9.17, 15) is 4.79 Å². The quantitative estimate of drug-likeness (QED) is 0.341. The minimum absolute atomic E-state index is 0. The minimum atomic E-state index is 0. The van der Waals surface area contributed by atoms with Gasteiger partial charge in [0, 0.05) is 16.8 Å². The molecule has 13 heavy (non-hydrogen) atoms. The first-order chi connectivity index (χ1) is 4.93. The van der Waals surface area contributed by atoms with E-state index in [1.807, 2.05) is 12.4 Å². The van der Waals surface area contributed by atoms with Gasteiger partial charge in [-0.3, -0.25) is 0 Å². The van der Waals surface area contributed by atoms with Gasteiger partial charge in [0.05, 0.1) is 0 Å². The smallest absolute Gasteiger partial charge is 0 e. The molecule has 0 aromatic carbocycles. The van der Waals surface area contributed by atoms with Crippen molar-refractivity contribution in [1.29, 1.82) is 0 Å². The van der Waals surface area contributed by atoms with Crippen molar-refractivity contribution in [2.75, 3.05) is 0 Å². The maximum atomic E-state index is 10.2. The molecule has 1 aliphatic carbocycles. The van der Waals surface area contributed by atoms with Crippen molar-refractivity contribution in [2.24, 2.45) is 0 Å². The van der Waals surface area contributed by atoms with Gasteiger partial charge in [0.25, 0.3) is 0 Å². The summed E-state index contributed by atoms with van der Waals surface area (Å²) in [6.07, 6.45) is 12.1. The fourth-order valence-corrected chi connectivity index (χ4v) is 1.02. The molecule has 1 rings (SSSR count). The third-order valence-electron chi connectivity index (χ3n) is 1.60. The molecule has 1 nitrogen and oxygen atoms in total. The Morgan fingerprint density at radius 2 is 1.69 bits per heavy atom. The zero-order valence-electron chi connectivity index (χ0n) is 7.12. The summed E-state index contributed by atoms with van der Waals surface area (Å²) < 4.78 is 0. The van der Waals surface area contributed by atoms with Crippen molar-refractivity contribution >= 4 is 54.2 Å². The van der Waals surface area contributed by atoms with E-state index in [2.05, 4.69) is 12.2 Å². The number of rotatable bonds is 1. The molecule has 0 N–H and O–H groups in total. The van der Waals surface area contributed by atoms with Crippen LogP contribution >= 0.6 is 48.0 Å². The Labute approximate surface area is 124 Å². The number of hydrogen-bond donors (Lipinski definition) is 0. The molecule has 0 spiro atoms. The molecule has 79 valence electrons. The van der Waals surface area contributed by atoms with Crippen molar-refractivity contribution in [3.05, 3.63) is 23.8 Å². The van der Waals surface area contributed by atoms with E-state index in [1.54, 1.807) is 0 Å². The number of halogens is 2. The average Bonchev–Trinajstić information content (AvgIpc) is 1.87. The monoisotopic (exact) mass is 450 g/mol. The van der Waals surface area contributed by atoms with Gasteiger partial charge in [-0.15, -0.1) is 48.0 Å². The Morgan fingerprint density at radius 1 is 1.08 bits per heavy atom. The third kappa shape index (κ3) is 9.42. The first kappa shape index (κ1) is 19.7. The molecule has 1 aliphatic rings. The predicted molar refractivity (Wildman–Crippen MR) is 72.2 cm³/mol. The number of carbonyl (C=O) groups excluding carboxylic acids is 1. The van der Waals surface area contributed by atoms with Gasteiger partial charge in [-0.1, -0.05) is 25.0 Å². The number of hydrogen-bond acceptors (Lipinski definition) is 1. The van der Waals surface area contributed by atoms with Gasteiger partial charge in [-0.05, 0) is 19.1 Å². The Kier molecular flexibility index (Phi) is 19.8. The van der Waals surface area contributed by atoms with Gasteiger partial charge in [0.15, 0.2) is 0 Å². The zero-order valence-corrected chi connectivity index (χ0v) is 12.8. The van der Waals surface area contributed by atoms with Gasteiger partial charge < -0.3 is 4.79 Å². The van der Waals surface area contributed by atoms with Crippen molar-refractivity contribution in [3.63, 3.8) is 0 Å². The molecule has 0 bridgehead atoms. The Morgan fingerprint density at radius 3 is 2.31 bits per heavy atom. The molecule has 0 saturated heterocycles. The van der Waals surface area contributed by atoms with Crippen LogP contribution in [0.5, 0.6) is 0 Å². The van der Waals surface area contributed by atoms with Crippen LogP contribution in [0.15, 0.2) is 23.8 Å². The fourth-order valence-electron chi connectivity index (χ4n) is 1.02. The second-order valence-electron chi connectivity index (χ2n) is 2.42. The largest absolute Gasteiger partial charge is 0.419 e. The molecule has 1 radical (unpaired) electrons. The summed E-state index contributed by atoms with van der Waals surface area (Å²) in [5.74, 6) is 0. The van der Waals surface area contributed by atoms with Gasteiger partial charge in [0.2, 0.25) is 0 Å². The van der Waals surface area contributed by atoms with Crippen molar-refractivity contribution < 1.29 is 21.6 Å². The van der Waals surface area contributed by atoms with Gasteiger partial charge >= 0.3 is 0 Å². The van der Waals surface area contributed by atoms with Crippen LogP contribution in [0.3, 0.4) is 0 Å². The molecule has 0 fully saturated rings. The molecule has 0 atom stereocenters. The Hall–Kier alpha value is 1.12. The van der Waals surface area contributed by atoms with Crippen molar-refractivity contribution in [3.8, 4) is 0 Å². The van der Waals surface area contributed by atoms with Crippen molar-refractivity contribution in [1.82, 2.24) is 0 Å². The first-order valence-corrected chi connectivity index (χ1v) is 3.65. The van der Waals surface area contributed by atoms with E-state index in [4.69, 9.17) is 0 Å². The Balaban J connectivity index is -0.000000333. The van der Waals surface area contributed by atoms with Crippen LogP contribution in [0.2, 0.25) is 0 Å². The molecule has 0 aromatic rings. The van der Waals surface area contributed by atoms with Crippen LogP contribution in [0.1, 0.15) is 25.7 Å². The van der Waals surface area contributed by atoms with Crippen molar-refractivity contribution in [2.45, 2.75) is 25.7 Å². The molecule has 0 unspecified atom stereocenters. The summed E-state index contributed by atoms with van der Waals surface area (Å²) in [5, 5.41) is 0. The summed E-state index contributed by atoms with van der Waals surface area (Å²) in [6.45, 7) is 0. The van der Waals surface area contributed by atoms with E-state index in [0.717, 1.165) is 31.3 Å². The van der Waals surface area contributed by atoms with E-state index < -0.39 is 0 Å². The molecule has 4 heteroatoms. The first-order valence-electron chi connectivity index (χ1n) is 3.65. The fraction of sp³-hybridized carbons (Fsp3) is 0.444. The van der Waals surface area contributed by atoms with E-state index in [-0.39, 0.29) is 64.7 Å². The molecule has 0 heterocycles. The molecule has 0 saturated carbocycles. The molecular formula is C9H13CoI2O-. The SMILES string of the molecule is I.I.O=[C-]C1=CCCC=CCC1.[Co]. The van der Waals surface area contributed by atoms with Crippen LogP contribution in [-0.4, -0.2) is 6.29 Å². The van der Waals surface area contributed by atoms with Gasteiger partial charge in [-0.2, -0.15) is 5.57 Å². The van der Waals surface area contributed by atoms with Crippen LogP contribution in [-0.2, 0) is 21.6 Å². The number of allylic oxidation sites excluding steroid dienone is 4. The van der Waals surface area contributed by atoms with Crippen LogP contribution in [0, 0.1) is 0 Å². The van der Waals surface area contributed by atoms with Crippen LogP contribution in [0.4, 0.5) is 0 Å². The van der Waals surface area contributed by atoms with Gasteiger partial charge in [-0.25, -0.2) is 6.08 Å². The summed E-state index contributed by atoms with van der Waals surface area (Å²) in [7, 11) is 0. The van der Waals surface area contributed by atoms with Crippen LogP contribution in [0.25, 0.3) is 0 Å². The maximum absolute atomic E-state index is 10.2. The maximum Gasteiger partial charge on any atom is 0 e. The zero-order chi connectivity index (χ0) is 7.23. The standard InChI is InChI=1S/C9H11O.Co.2HI/c10-8-9-6-4-2-1-3-5-7-9;;;/h1-2,7H,3-6H2;;2*1H/q-1;;;. The minimum Gasteiger partial charge on any atom is -0.419 e. The van der Waals surface area contributed by atoms with E-state index >= 15 is 0 Å². The molecule has 0 amide bonds. The molecule has 0 aliphatic heterocycles.